The summed E-state index contributed by atoms with van der Waals surface area (Å²) in [5, 5.41) is 6.90. The molecular weight excluding hydrogens is 344 g/mol. The van der Waals surface area contributed by atoms with Crippen molar-refractivity contribution in [3.63, 3.8) is 0 Å². The number of carbonyl (C=O) groups is 2. The lowest BCUT2D eigenvalue weighted by Gasteiger charge is -2.17. The minimum atomic E-state index is -0.598. The molecule has 0 aliphatic heterocycles. The molecule has 1 aromatic heterocycles. The quantitative estimate of drug-likeness (QED) is 0.604. The number of carbonyl (C=O) groups excluding carboxylic acids is 2. The molecule has 0 saturated heterocycles. The number of nitrogens with one attached hydrogen (secondary N) is 3. The van der Waals surface area contributed by atoms with Crippen LogP contribution in [0.15, 0.2) is 59.4 Å². The van der Waals surface area contributed by atoms with E-state index in [2.05, 4.69) is 21.0 Å². The van der Waals surface area contributed by atoms with E-state index in [-0.39, 0.29) is 23.1 Å². The second kappa shape index (κ2) is 8.27. The topological polar surface area (TPSA) is 104 Å². The van der Waals surface area contributed by atoms with Gasteiger partial charge in [0.05, 0.1) is 11.3 Å². The summed E-state index contributed by atoms with van der Waals surface area (Å²) in [6, 6.07) is 16.1. The minimum absolute atomic E-state index is 0.0391. The third kappa shape index (κ3) is 4.03. The van der Waals surface area contributed by atoms with Gasteiger partial charge < -0.3 is 0 Å². The lowest BCUT2D eigenvalue weighted by atomic mass is 9.94. The van der Waals surface area contributed by atoms with Crippen LogP contribution in [0.5, 0.6) is 0 Å². The third-order valence-corrected chi connectivity index (χ3v) is 4.31. The highest BCUT2D eigenvalue weighted by atomic mass is 16.2. The molecule has 3 rings (SSSR count). The summed E-state index contributed by atoms with van der Waals surface area (Å²) in [5.41, 5.74) is 5.42. The van der Waals surface area contributed by atoms with Crippen molar-refractivity contribution < 1.29 is 9.59 Å². The van der Waals surface area contributed by atoms with Crippen molar-refractivity contribution in [2.24, 2.45) is 0 Å². The lowest BCUT2D eigenvalue weighted by molar-refractivity contribution is -0.123. The van der Waals surface area contributed by atoms with E-state index in [4.69, 9.17) is 0 Å². The summed E-state index contributed by atoms with van der Waals surface area (Å²) in [7, 11) is 0. The van der Waals surface area contributed by atoms with E-state index in [9.17, 15) is 14.4 Å². The largest absolute Gasteiger partial charge is 0.290 e. The number of aromatic amines is 1. The van der Waals surface area contributed by atoms with E-state index in [0.717, 1.165) is 12.0 Å². The number of nitrogens with zero attached hydrogens (tertiary/aromatic N) is 1. The molecule has 138 valence electrons. The van der Waals surface area contributed by atoms with Crippen molar-refractivity contribution in [1.82, 2.24) is 21.0 Å². The number of fused-ring (bicyclic) bond motifs is 1. The van der Waals surface area contributed by atoms with E-state index in [1.54, 1.807) is 24.3 Å². The molecule has 1 heterocycles. The molecule has 2 amide bonds. The van der Waals surface area contributed by atoms with E-state index in [1.165, 1.54) is 0 Å². The molecule has 0 fully saturated rings. The highest BCUT2D eigenvalue weighted by Gasteiger charge is 2.21. The Hall–Kier alpha value is -3.48. The Labute approximate surface area is 155 Å². The highest BCUT2D eigenvalue weighted by Crippen LogP contribution is 2.21. The van der Waals surface area contributed by atoms with Gasteiger partial charge in [-0.15, -0.1) is 0 Å². The zero-order chi connectivity index (χ0) is 19.2. The zero-order valence-electron chi connectivity index (χ0n) is 14.9. The first-order valence-electron chi connectivity index (χ1n) is 8.74. The summed E-state index contributed by atoms with van der Waals surface area (Å²) < 4.78 is 0. The van der Waals surface area contributed by atoms with Crippen molar-refractivity contribution in [2.45, 2.75) is 25.7 Å². The van der Waals surface area contributed by atoms with Gasteiger partial charge >= 0.3 is 0 Å². The van der Waals surface area contributed by atoms with Gasteiger partial charge in [0.25, 0.3) is 11.5 Å². The zero-order valence-corrected chi connectivity index (χ0v) is 14.9. The van der Waals surface area contributed by atoms with Gasteiger partial charge in [-0.25, -0.2) is 5.10 Å². The normalized spacial score (nSPS) is 11.7. The molecule has 0 saturated carbocycles. The van der Waals surface area contributed by atoms with Crippen LogP contribution in [0, 0.1) is 0 Å². The van der Waals surface area contributed by atoms with Crippen LogP contribution in [0.4, 0.5) is 0 Å². The van der Waals surface area contributed by atoms with Crippen molar-refractivity contribution in [3.05, 3.63) is 76.2 Å². The predicted molar refractivity (Wildman–Crippen MR) is 102 cm³/mol. The van der Waals surface area contributed by atoms with Gasteiger partial charge in [0.15, 0.2) is 5.69 Å². The summed E-state index contributed by atoms with van der Waals surface area (Å²) in [6.45, 7) is 2.00. The Bertz CT molecular complexity index is 1010. The first kappa shape index (κ1) is 18.3. The Morgan fingerprint density at radius 3 is 2.37 bits per heavy atom. The average molecular weight is 364 g/mol. The van der Waals surface area contributed by atoms with Crippen molar-refractivity contribution in [3.8, 4) is 0 Å². The smallest absolute Gasteiger partial charge is 0.273 e. The standard InChI is InChI=1S/C20H20N4O3/c1-2-8-14(13-9-4-3-5-10-13)18(25)23-24-20(27)17-15-11-6-7-12-16(15)19(26)22-21-17/h3-7,9-12,14H,2,8H2,1H3,(H,22,26)(H,23,25)(H,24,27)/t14-/m0/s1. The average Bonchev–Trinajstić information content (AvgIpc) is 2.71. The molecule has 3 aromatic rings. The maximum Gasteiger partial charge on any atom is 0.290 e. The second-order valence-corrected chi connectivity index (χ2v) is 6.14. The van der Waals surface area contributed by atoms with Crippen LogP contribution in [-0.2, 0) is 4.79 Å². The van der Waals surface area contributed by atoms with Gasteiger partial charge in [0.2, 0.25) is 5.91 Å². The number of H-pyrrole nitrogens is 1. The van der Waals surface area contributed by atoms with E-state index >= 15 is 0 Å². The summed E-state index contributed by atoms with van der Waals surface area (Å²) in [6.07, 6.45) is 1.48. The monoisotopic (exact) mass is 364 g/mol. The maximum absolute atomic E-state index is 12.6. The summed E-state index contributed by atoms with van der Waals surface area (Å²) >= 11 is 0. The fourth-order valence-corrected chi connectivity index (χ4v) is 2.98. The maximum atomic E-state index is 12.6. The van der Waals surface area contributed by atoms with E-state index in [1.807, 2.05) is 37.3 Å². The number of hydrazine groups is 1. The van der Waals surface area contributed by atoms with Crippen LogP contribution < -0.4 is 16.4 Å². The summed E-state index contributed by atoms with van der Waals surface area (Å²) in [5.74, 6) is -1.26. The van der Waals surface area contributed by atoms with Gasteiger partial charge in [-0.3, -0.25) is 25.2 Å². The van der Waals surface area contributed by atoms with Gasteiger partial charge in [-0.05, 0) is 18.1 Å². The minimum Gasteiger partial charge on any atom is -0.273 e. The van der Waals surface area contributed by atoms with Crippen LogP contribution in [0.25, 0.3) is 10.8 Å². The highest BCUT2D eigenvalue weighted by molar-refractivity contribution is 6.05. The predicted octanol–water partition coefficient (Wildman–Crippen LogP) is 2.27. The van der Waals surface area contributed by atoms with Crippen LogP contribution in [0.1, 0.15) is 41.7 Å². The molecule has 0 aliphatic rings. The van der Waals surface area contributed by atoms with E-state index < -0.39 is 5.91 Å². The van der Waals surface area contributed by atoms with Crippen LogP contribution >= 0.6 is 0 Å². The fourth-order valence-electron chi connectivity index (χ4n) is 2.98. The second-order valence-electron chi connectivity index (χ2n) is 6.14. The number of hydrogen-bond donors (Lipinski definition) is 3. The molecule has 7 heteroatoms. The van der Waals surface area contributed by atoms with Crippen molar-refractivity contribution in [1.29, 1.82) is 0 Å². The Morgan fingerprint density at radius 1 is 1.00 bits per heavy atom. The molecule has 0 aliphatic carbocycles. The molecule has 1 atom stereocenters. The molecule has 3 N–H and O–H groups in total. The van der Waals surface area contributed by atoms with Crippen LogP contribution in [-0.4, -0.2) is 22.0 Å². The van der Waals surface area contributed by atoms with Gasteiger partial charge in [0.1, 0.15) is 0 Å². The number of benzene rings is 2. The fraction of sp³-hybridized carbons (Fsp3) is 0.200. The number of amides is 2. The van der Waals surface area contributed by atoms with Gasteiger partial charge in [-0.2, -0.15) is 5.10 Å². The van der Waals surface area contributed by atoms with Crippen LogP contribution in [0.2, 0.25) is 0 Å². The molecule has 2 aromatic carbocycles. The summed E-state index contributed by atoms with van der Waals surface area (Å²) in [4.78, 5) is 36.9. The Balaban J connectivity index is 1.76. The van der Waals surface area contributed by atoms with Gasteiger partial charge in [0, 0.05) is 5.39 Å². The Kier molecular flexibility index (Phi) is 5.61. The number of hydrogen-bond acceptors (Lipinski definition) is 4. The molecule has 0 radical (unpaired) electrons. The van der Waals surface area contributed by atoms with Crippen LogP contribution in [0.3, 0.4) is 0 Å². The molecule has 0 bridgehead atoms. The molecular formula is C20H20N4O3. The molecule has 7 nitrogen and oxygen atoms in total. The first-order chi connectivity index (χ1) is 13.1. The molecule has 27 heavy (non-hydrogen) atoms. The molecule has 0 unspecified atom stereocenters. The van der Waals surface area contributed by atoms with Gasteiger partial charge in [-0.1, -0.05) is 61.9 Å². The SMILES string of the molecule is CCC[C@H](C(=O)NNC(=O)c1n[nH]c(=O)c2ccccc12)c1ccccc1. The first-order valence-corrected chi connectivity index (χ1v) is 8.74. The lowest BCUT2D eigenvalue weighted by Crippen LogP contribution is -2.44. The molecule has 0 spiro atoms. The van der Waals surface area contributed by atoms with Crippen molar-refractivity contribution >= 4 is 22.6 Å². The number of rotatable bonds is 5. The third-order valence-electron chi connectivity index (χ3n) is 4.31. The Morgan fingerprint density at radius 2 is 1.67 bits per heavy atom. The number of aromatic nitrogens is 2. The van der Waals surface area contributed by atoms with Crippen molar-refractivity contribution in [2.75, 3.05) is 0 Å². The van der Waals surface area contributed by atoms with E-state index in [0.29, 0.717) is 17.2 Å².